The number of carbonyl (C=O) groups excluding carboxylic acids is 5. The van der Waals surface area contributed by atoms with Crippen LogP contribution in [-0.2, 0) is 24.0 Å². The summed E-state index contributed by atoms with van der Waals surface area (Å²) in [6, 6.07) is -1.31. The monoisotopic (exact) mass is 494 g/mol. The Morgan fingerprint density at radius 1 is 1.00 bits per heavy atom. The Morgan fingerprint density at radius 2 is 1.60 bits per heavy atom. The third kappa shape index (κ3) is 12.8. The molecular weight excluding hydrogens is 448 g/mol. The summed E-state index contributed by atoms with van der Waals surface area (Å²) < 4.78 is 0. The molecular formula is C26H46N4O5. The van der Waals surface area contributed by atoms with Crippen molar-refractivity contribution in [2.45, 2.75) is 110 Å². The van der Waals surface area contributed by atoms with Gasteiger partial charge in [0.1, 0.15) is 0 Å². The number of unbranched alkanes of at least 4 members (excludes halogenated alkanes) is 3. The SMILES string of the molecule is CC[C@H](C)C(NC)C(=O)C(=O)CCCCC=CCCC[C@](C)(NC(=O)[C@@H](N)CCC(N)=O)C(C)=O. The number of primary amides is 1. The Morgan fingerprint density at radius 3 is 2.11 bits per heavy atom. The first-order valence-electron chi connectivity index (χ1n) is 12.7. The average Bonchev–Trinajstić information content (AvgIpc) is 2.80. The second kappa shape index (κ2) is 17.1. The number of amides is 2. The molecule has 2 amide bonds. The van der Waals surface area contributed by atoms with Gasteiger partial charge < -0.3 is 22.1 Å². The molecule has 0 radical (unpaired) electrons. The van der Waals surface area contributed by atoms with Gasteiger partial charge in [0.05, 0.1) is 17.6 Å². The Labute approximate surface area is 210 Å². The molecule has 9 nitrogen and oxygen atoms in total. The smallest absolute Gasteiger partial charge is 0.237 e. The third-order valence-electron chi connectivity index (χ3n) is 6.53. The van der Waals surface area contributed by atoms with Crippen molar-refractivity contribution in [3.05, 3.63) is 12.2 Å². The number of nitrogens with one attached hydrogen (secondary N) is 2. The molecule has 0 aliphatic carbocycles. The van der Waals surface area contributed by atoms with E-state index < -0.39 is 29.4 Å². The molecule has 0 saturated heterocycles. The lowest BCUT2D eigenvalue weighted by atomic mass is 9.90. The van der Waals surface area contributed by atoms with Crippen molar-refractivity contribution in [2.24, 2.45) is 17.4 Å². The van der Waals surface area contributed by atoms with E-state index in [1.807, 2.05) is 26.0 Å². The van der Waals surface area contributed by atoms with Gasteiger partial charge in [-0.05, 0) is 71.8 Å². The number of hydrogen-bond donors (Lipinski definition) is 4. The van der Waals surface area contributed by atoms with Gasteiger partial charge in [-0.15, -0.1) is 0 Å². The predicted molar refractivity (Wildman–Crippen MR) is 137 cm³/mol. The molecule has 0 saturated carbocycles. The average molecular weight is 495 g/mol. The summed E-state index contributed by atoms with van der Waals surface area (Å²) in [5.74, 6) is -1.68. The first-order valence-corrected chi connectivity index (χ1v) is 12.7. The van der Waals surface area contributed by atoms with Crippen molar-refractivity contribution < 1.29 is 24.0 Å². The van der Waals surface area contributed by atoms with Gasteiger partial charge in [0, 0.05) is 12.8 Å². The highest BCUT2D eigenvalue weighted by atomic mass is 16.2. The van der Waals surface area contributed by atoms with E-state index in [9.17, 15) is 24.0 Å². The molecule has 0 fully saturated rings. The second-order valence-corrected chi connectivity index (χ2v) is 9.54. The van der Waals surface area contributed by atoms with Crippen LogP contribution in [0.4, 0.5) is 0 Å². The predicted octanol–water partition coefficient (Wildman–Crippen LogP) is 2.10. The van der Waals surface area contributed by atoms with Crippen molar-refractivity contribution in [3.8, 4) is 0 Å². The fourth-order valence-corrected chi connectivity index (χ4v) is 3.68. The maximum Gasteiger partial charge on any atom is 0.237 e. The minimum absolute atomic E-state index is 0.00909. The zero-order valence-corrected chi connectivity index (χ0v) is 22.2. The number of allylic oxidation sites excluding steroid dienone is 2. The molecule has 0 aliphatic rings. The molecule has 0 aliphatic heterocycles. The summed E-state index contributed by atoms with van der Waals surface area (Å²) in [7, 11) is 1.71. The van der Waals surface area contributed by atoms with Crippen LogP contribution in [0.15, 0.2) is 12.2 Å². The maximum atomic E-state index is 12.3. The third-order valence-corrected chi connectivity index (χ3v) is 6.53. The summed E-state index contributed by atoms with van der Waals surface area (Å²) in [6.45, 7) is 7.07. The zero-order valence-electron chi connectivity index (χ0n) is 22.2. The number of ketones is 3. The van der Waals surface area contributed by atoms with Gasteiger partial charge in [0.15, 0.2) is 11.6 Å². The van der Waals surface area contributed by atoms with Gasteiger partial charge in [-0.2, -0.15) is 0 Å². The molecule has 9 heteroatoms. The van der Waals surface area contributed by atoms with Crippen molar-refractivity contribution in [1.82, 2.24) is 10.6 Å². The molecule has 0 heterocycles. The van der Waals surface area contributed by atoms with Crippen LogP contribution in [0.5, 0.6) is 0 Å². The van der Waals surface area contributed by atoms with Crippen LogP contribution in [0.25, 0.3) is 0 Å². The molecule has 0 aromatic rings. The fraction of sp³-hybridized carbons (Fsp3) is 0.731. The lowest BCUT2D eigenvalue weighted by Crippen LogP contribution is -2.55. The molecule has 0 aromatic carbocycles. The first-order chi connectivity index (χ1) is 16.4. The Kier molecular flexibility index (Phi) is 15.9. The maximum absolute atomic E-state index is 12.3. The summed E-state index contributed by atoms with van der Waals surface area (Å²) in [4.78, 5) is 59.8. The van der Waals surface area contributed by atoms with Crippen LogP contribution in [0, 0.1) is 5.92 Å². The van der Waals surface area contributed by atoms with Crippen molar-refractivity contribution in [3.63, 3.8) is 0 Å². The van der Waals surface area contributed by atoms with Crippen LogP contribution in [0.3, 0.4) is 0 Å². The molecule has 0 aromatic heterocycles. The summed E-state index contributed by atoms with van der Waals surface area (Å²) in [5.41, 5.74) is 9.86. The number of rotatable bonds is 20. The second-order valence-electron chi connectivity index (χ2n) is 9.54. The van der Waals surface area contributed by atoms with Gasteiger partial charge in [-0.25, -0.2) is 0 Å². The van der Waals surface area contributed by atoms with Gasteiger partial charge in [0.25, 0.3) is 0 Å². The summed E-state index contributed by atoms with van der Waals surface area (Å²) in [5, 5.41) is 5.68. The Bertz CT molecular complexity index is 752. The molecule has 6 N–H and O–H groups in total. The lowest BCUT2D eigenvalue weighted by molar-refractivity contribution is -0.138. The number of carbonyl (C=O) groups is 5. The number of Topliss-reactive ketones (excluding diaryl/α,β-unsaturated/α-hetero) is 3. The van der Waals surface area contributed by atoms with Crippen LogP contribution in [0.1, 0.15) is 91.9 Å². The molecule has 0 bridgehead atoms. The highest BCUT2D eigenvalue weighted by Gasteiger charge is 2.32. The van der Waals surface area contributed by atoms with E-state index in [0.29, 0.717) is 19.3 Å². The molecule has 0 spiro atoms. The topological polar surface area (TPSA) is 161 Å². The highest BCUT2D eigenvalue weighted by molar-refractivity contribution is 6.39. The van der Waals surface area contributed by atoms with Gasteiger partial charge in [0.2, 0.25) is 17.6 Å². The molecule has 4 atom stereocenters. The molecule has 35 heavy (non-hydrogen) atoms. The van der Waals surface area contributed by atoms with Crippen molar-refractivity contribution in [1.29, 1.82) is 0 Å². The first kappa shape index (κ1) is 32.6. The summed E-state index contributed by atoms with van der Waals surface area (Å²) >= 11 is 0. The van der Waals surface area contributed by atoms with Gasteiger partial charge >= 0.3 is 0 Å². The van der Waals surface area contributed by atoms with E-state index in [4.69, 9.17) is 11.5 Å². The minimum Gasteiger partial charge on any atom is -0.370 e. The fourth-order valence-electron chi connectivity index (χ4n) is 3.68. The standard InChI is InChI=1S/C26H46N4O5/c1-6-18(2)23(29-5)24(34)21(32)14-12-10-8-7-9-11-13-17-26(4,19(3)31)30-25(35)20(27)15-16-22(28)33/h7,9,18,20,23,29H,6,8,10-17,27H2,1-5H3,(H2,28,33)(H,30,35)/t18-,20-,23?,26-/m0/s1. The minimum atomic E-state index is -1.03. The van der Waals surface area contributed by atoms with Crippen LogP contribution >= 0.6 is 0 Å². The van der Waals surface area contributed by atoms with Crippen LogP contribution in [-0.4, -0.2) is 53.8 Å². The molecule has 200 valence electrons. The van der Waals surface area contributed by atoms with Crippen molar-refractivity contribution in [2.75, 3.05) is 7.05 Å². The highest BCUT2D eigenvalue weighted by Crippen LogP contribution is 2.17. The van der Waals surface area contributed by atoms with E-state index in [0.717, 1.165) is 25.7 Å². The zero-order chi connectivity index (χ0) is 27.0. The van der Waals surface area contributed by atoms with Gasteiger partial charge in [-0.1, -0.05) is 32.4 Å². The van der Waals surface area contributed by atoms with Crippen LogP contribution < -0.4 is 22.1 Å². The molecule has 0 rings (SSSR count). The van der Waals surface area contributed by atoms with E-state index in [1.165, 1.54) is 6.92 Å². The van der Waals surface area contributed by atoms with E-state index in [-0.39, 0.29) is 42.5 Å². The van der Waals surface area contributed by atoms with Gasteiger partial charge in [-0.3, -0.25) is 24.0 Å². The van der Waals surface area contributed by atoms with E-state index in [2.05, 4.69) is 10.6 Å². The number of likely N-dealkylation sites (N-methyl/N-ethyl adjacent to an activating group) is 1. The largest absolute Gasteiger partial charge is 0.370 e. The number of hydrogen-bond acceptors (Lipinski definition) is 7. The van der Waals surface area contributed by atoms with E-state index >= 15 is 0 Å². The lowest BCUT2D eigenvalue weighted by Gasteiger charge is -2.29. The quantitative estimate of drug-likeness (QED) is 0.114. The molecule has 1 unspecified atom stereocenters. The Hall–Kier alpha value is -2.39. The number of nitrogens with two attached hydrogens (primary N) is 2. The Balaban J connectivity index is 4.34. The normalized spacial score (nSPS) is 15.7. The summed E-state index contributed by atoms with van der Waals surface area (Å²) in [6.07, 6.45) is 9.46. The van der Waals surface area contributed by atoms with Crippen molar-refractivity contribution >= 4 is 29.2 Å². The van der Waals surface area contributed by atoms with E-state index in [1.54, 1.807) is 14.0 Å². The van der Waals surface area contributed by atoms with Crippen LogP contribution in [0.2, 0.25) is 0 Å².